The van der Waals surface area contributed by atoms with Crippen molar-refractivity contribution in [3.05, 3.63) is 29.8 Å². The number of benzene rings is 1. The zero-order valence-electron chi connectivity index (χ0n) is 11.7. The van der Waals surface area contributed by atoms with E-state index < -0.39 is 17.4 Å². The van der Waals surface area contributed by atoms with Crippen LogP contribution in [0.5, 0.6) is 0 Å². The van der Waals surface area contributed by atoms with Gasteiger partial charge in [-0.25, -0.2) is 5.54 Å². The van der Waals surface area contributed by atoms with Gasteiger partial charge in [0.2, 0.25) is 0 Å². The third-order valence-electron chi connectivity index (χ3n) is 2.94. The number of hydrogen-bond donors (Lipinski definition) is 1. The van der Waals surface area contributed by atoms with E-state index in [4.69, 9.17) is 9.47 Å². The molecular formula is C14H18FNO4. The van der Waals surface area contributed by atoms with Crippen molar-refractivity contribution in [3.63, 3.8) is 0 Å². The van der Waals surface area contributed by atoms with Gasteiger partial charge in [-0.15, -0.1) is 4.48 Å². The van der Waals surface area contributed by atoms with Crippen molar-refractivity contribution in [2.24, 2.45) is 0 Å². The summed E-state index contributed by atoms with van der Waals surface area (Å²) in [6.07, 6.45) is 0. The third-order valence-corrected chi connectivity index (χ3v) is 2.94. The number of rotatable bonds is 6. The molecule has 0 saturated heterocycles. The normalized spacial score (nSPS) is 10.8. The van der Waals surface area contributed by atoms with E-state index in [0.717, 1.165) is 0 Å². The van der Waals surface area contributed by atoms with E-state index in [-0.39, 0.29) is 18.9 Å². The molecule has 0 aliphatic rings. The molecule has 1 aromatic rings. The summed E-state index contributed by atoms with van der Waals surface area (Å²) in [6.45, 7) is 5.04. The lowest BCUT2D eigenvalue weighted by Gasteiger charge is -2.25. The Morgan fingerprint density at radius 1 is 1.10 bits per heavy atom. The number of hydrogen-bond acceptors (Lipinski definition) is 5. The molecule has 0 saturated carbocycles. The van der Waals surface area contributed by atoms with Gasteiger partial charge in [-0.1, -0.05) is 12.1 Å². The summed E-state index contributed by atoms with van der Waals surface area (Å²) in [5.41, 5.74) is 0.522. The summed E-state index contributed by atoms with van der Waals surface area (Å²) in [5, 5.41) is 0. The van der Waals surface area contributed by atoms with E-state index in [1.165, 1.54) is 36.7 Å². The van der Waals surface area contributed by atoms with Crippen molar-refractivity contribution in [2.75, 3.05) is 18.8 Å². The number of esters is 2. The number of carbonyl (C=O) groups is 2. The van der Waals surface area contributed by atoms with Crippen molar-refractivity contribution < 1.29 is 23.5 Å². The molecular weight excluding hydrogens is 265 g/mol. The molecule has 0 bridgehead atoms. The van der Waals surface area contributed by atoms with Crippen LogP contribution in [0.3, 0.4) is 0 Å². The number of ether oxygens (including phenoxy) is 2. The van der Waals surface area contributed by atoms with E-state index >= 15 is 0 Å². The Morgan fingerprint density at radius 2 is 1.55 bits per heavy atom. The molecule has 1 aromatic carbocycles. The van der Waals surface area contributed by atoms with Crippen molar-refractivity contribution >= 4 is 17.6 Å². The monoisotopic (exact) mass is 283 g/mol. The average Bonchev–Trinajstić information content (AvgIpc) is 2.47. The zero-order valence-corrected chi connectivity index (χ0v) is 11.7. The highest BCUT2D eigenvalue weighted by molar-refractivity contribution is 6.05. The van der Waals surface area contributed by atoms with Gasteiger partial charge in [0.05, 0.1) is 18.9 Å². The standard InChI is InChI=1S/C14H18FNO4/c1-4-19-12(17)14(3,13(18)20-5-2)10-6-8-11(16-15)9-7-10/h6-9,16H,4-5H2,1-3H3. The first-order valence-corrected chi connectivity index (χ1v) is 6.32. The molecule has 0 fully saturated rings. The second-order valence-electron chi connectivity index (χ2n) is 4.24. The van der Waals surface area contributed by atoms with Crippen molar-refractivity contribution in [1.29, 1.82) is 0 Å². The quantitative estimate of drug-likeness (QED) is 0.493. The van der Waals surface area contributed by atoms with Crippen molar-refractivity contribution in [1.82, 2.24) is 0 Å². The second-order valence-corrected chi connectivity index (χ2v) is 4.24. The highest BCUT2D eigenvalue weighted by atomic mass is 19.2. The van der Waals surface area contributed by atoms with Crippen LogP contribution in [0.25, 0.3) is 0 Å². The topological polar surface area (TPSA) is 64.6 Å². The van der Waals surface area contributed by atoms with Gasteiger partial charge in [-0.3, -0.25) is 9.59 Å². The maximum atomic E-state index is 12.3. The van der Waals surface area contributed by atoms with E-state index in [9.17, 15) is 14.1 Å². The van der Waals surface area contributed by atoms with Crippen molar-refractivity contribution in [3.8, 4) is 0 Å². The Labute approximate surface area is 117 Å². The lowest BCUT2D eigenvalue weighted by molar-refractivity contribution is -0.163. The molecule has 20 heavy (non-hydrogen) atoms. The van der Waals surface area contributed by atoms with Gasteiger partial charge < -0.3 is 9.47 Å². The maximum Gasteiger partial charge on any atom is 0.327 e. The predicted molar refractivity (Wildman–Crippen MR) is 71.8 cm³/mol. The predicted octanol–water partition coefficient (Wildman–Crippen LogP) is 2.37. The Morgan fingerprint density at radius 3 is 1.90 bits per heavy atom. The zero-order chi connectivity index (χ0) is 15.2. The van der Waals surface area contributed by atoms with Crippen LogP contribution < -0.4 is 5.54 Å². The molecule has 0 aromatic heterocycles. The number of halogens is 1. The Balaban J connectivity index is 3.20. The minimum Gasteiger partial charge on any atom is -0.465 e. The molecule has 0 spiro atoms. The molecule has 0 atom stereocenters. The molecule has 0 aliphatic heterocycles. The summed E-state index contributed by atoms with van der Waals surface area (Å²) in [5.74, 6) is -1.39. The average molecular weight is 283 g/mol. The van der Waals surface area contributed by atoms with Gasteiger partial charge in [0.1, 0.15) is 0 Å². The lowest BCUT2D eigenvalue weighted by Crippen LogP contribution is -2.43. The van der Waals surface area contributed by atoms with Crippen LogP contribution in [0.15, 0.2) is 24.3 Å². The van der Waals surface area contributed by atoms with Crippen LogP contribution in [-0.4, -0.2) is 25.2 Å². The first-order valence-electron chi connectivity index (χ1n) is 6.32. The van der Waals surface area contributed by atoms with Gasteiger partial charge in [-0.2, -0.15) is 0 Å². The first kappa shape index (κ1) is 15.9. The summed E-state index contributed by atoms with van der Waals surface area (Å²) in [7, 11) is 0. The molecule has 0 aliphatic carbocycles. The minimum atomic E-state index is -1.57. The molecule has 110 valence electrons. The molecule has 0 radical (unpaired) electrons. The molecule has 1 rings (SSSR count). The van der Waals surface area contributed by atoms with E-state index in [0.29, 0.717) is 5.56 Å². The van der Waals surface area contributed by atoms with Gasteiger partial charge >= 0.3 is 11.9 Å². The van der Waals surface area contributed by atoms with Crippen LogP contribution in [0.1, 0.15) is 26.3 Å². The van der Waals surface area contributed by atoms with Crippen LogP contribution in [0, 0.1) is 0 Å². The largest absolute Gasteiger partial charge is 0.465 e. The van der Waals surface area contributed by atoms with Crippen LogP contribution >= 0.6 is 0 Å². The summed E-state index contributed by atoms with van der Waals surface area (Å²) >= 11 is 0. The fourth-order valence-corrected chi connectivity index (χ4v) is 1.74. The molecule has 0 heterocycles. The summed E-state index contributed by atoms with van der Waals surface area (Å²) in [4.78, 5) is 24.2. The Bertz CT molecular complexity index is 455. The van der Waals surface area contributed by atoms with E-state index in [1.807, 2.05) is 0 Å². The summed E-state index contributed by atoms with van der Waals surface area (Å²) in [6, 6.07) is 5.81. The van der Waals surface area contributed by atoms with E-state index in [2.05, 4.69) is 0 Å². The highest BCUT2D eigenvalue weighted by Gasteiger charge is 2.46. The lowest BCUT2D eigenvalue weighted by atomic mass is 9.82. The van der Waals surface area contributed by atoms with Crippen molar-refractivity contribution in [2.45, 2.75) is 26.2 Å². The van der Waals surface area contributed by atoms with Gasteiger partial charge in [-0.05, 0) is 38.5 Å². The van der Waals surface area contributed by atoms with E-state index in [1.54, 1.807) is 13.8 Å². The molecule has 0 unspecified atom stereocenters. The fraction of sp³-hybridized carbons (Fsp3) is 0.429. The maximum absolute atomic E-state index is 12.3. The minimum absolute atomic E-state index is 0.151. The van der Waals surface area contributed by atoms with Gasteiger partial charge in [0, 0.05) is 0 Å². The molecule has 6 heteroatoms. The van der Waals surface area contributed by atoms with Crippen LogP contribution in [0.4, 0.5) is 10.2 Å². The molecule has 0 amide bonds. The highest BCUT2D eigenvalue weighted by Crippen LogP contribution is 2.28. The Hall–Kier alpha value is -2.11. The number of nitrogens with one attached hydrogen (secondary N) is 1. The van der Waals surface area contributed by atoms with Crippen LogP contribution in [0.2, 0.25) is 0 Å². The SMILES string of the molecule is CCOC(=O)C(C)(C(=O)OCC)c1ccc(NF)cc1. The number of carbonyl (C=O) groups excluding carboxylic acids is 2. The first-order chi connectivity index (χ1) is 9.50. The molecule has 1 N–H and O–H groups in total. The van der Waals surface area contributed by atoms with Crippen LogP contribution in [-0.2, 0) is 24.5 Å². The van der Waals surface area contributed by atoms with Gasteiger partial charge in [0.25, 0.3) is 0 Å². The Kier molecular flexibility index (Phi) is 5.49. The summed E-state index contributed by atoms with van der Waals surface area (Å²) < 4.78 is 22.2. The van der Waals surface area contributed by atoms with Gasteiger partial charge in [0.15, 0.2) is 5.41 Å². The second kappa shape index (κ2) is 6.88. The molecule has 5 nitrogen and oxygen atoms in total. The number of anilines is 1. The smallest absolute Gasteiger partial charge is 0.327 e. The fourth-order valence-electron chi connectivity index (χ4n) is 1.74. The third kappa shape index (κ3) is 3.07.